The first-order valence-corrected chi connectivity index (χ1v) is 7.42. The fourth-order valence-corrected chi connectivity index (χ4v) is 2.80. The molecule has 0 amide bonds. The molecule has 1 saturated carbocycles. The Morgan fingerprint density at radius 3 is 2.70 bits per heavy atom. The number of aliphatic hydroxyl groups is 1. The van der Waals surface area contributed by atoms with E-state index in [1.807, 2.05) is 7.05 Å². The van der Waals surface area contributed by atoms with Crippen molar-refractivity contribution in [2.45, 2.75) is 44.2 Å². The molecule has 1 atom stereocenters. The number of hydrogen-bond acceptors (Lipinski definition) is 3. The van der Waals surface area contributed by atoms with Crippen molar-refractivity contribution < 1.29 is 14.2 Å². The first-order valence-electron chi connectivity index (χ1n) is 7.42. The van der Waals surface area contributed by atoms with E-state index in [0.717, 1.165) is 0 Å². The zero-order valence-electron chi connectivity index (χ0n) is 12.1. The molecule has 3 nitrogen and oxygen atoms in total. The van der Waals surface area contributed by atoms with Crippen molar-refractivity contribution in [2.24, 2.45) is 0 Å². The van der Waals surface area contributed by atoms with Gasteiger partial charge in [-0.15, -0.1) is 0 Å². The van der Waals surface area contributed by atoms with Crippen molar-refractivity contribution in [3.63, 3.8) is 0 Å². The highest BCUT2D eigenvalue weighted by atomic mass is 19.1. The van der Waals surface area contributed by atoms with Gasteiger partial charge in [0.2, 0.25) is 0 Å². The van der Waals surface area contributed by atoms with Gasteiger partial charge in [0.05, 0.1) is 0 Å². The summed E-state index contributed by atoms with van der Waals surface area (Å²) in [7, 11) is 2.04. The van der Waals surface area contributed by atoms with Crippen LogP contribution in [0.25, 0.3) is 0 Å². The number of aliphatic hydroxyl groups excluding tert-OH is 1. The lowest BCUT2D eigenvalue weighted by Gasteiger charge is -2.32. The van der Waals surface area contributed by atoms with Crippen molar-refractivity contribution >= 4 is 0 Å². The van der Waals surface area contributed by atoms with Crippen LogP contribution in [0.15, 0.2) is 24.3 Å². The summed E-state index contributed by atoms with van der Waals surface area (Å²) in [5.41, 5.74) is 0. The largest absolute Gasteiger partial charge is 0.488 e. The molecular weight excluding hydrogens is 257 g/mol. The number of rotatable bonds is 6. The minimum absolute atomic E-state index is 0.123. The molecule has 0 saturated heterocycles. The van der Waals surface area contributed by atoms with E-state index in [9.17, 15) is 9.50 Å². The van der Waals surface area contributed by atoms with Crippen LogP contribution in [0.3, 0.4) is 0 Å². The quantitative estimate of drug-likeness (QED) is 0.870. The third kappa shape index (κ3) is 4.46. The Bertz CT molecular complexity index is 407. The summed E-state index contributed by atoms with van der Waals surface area (Å²) in [6, 6.07) is 6.84. The first kappa shape index (κ1) is 15.3. The van der Waals surface area contributed by atoms with E-state index in [-0.39, 0.29) is 18.2 Å². The molecule has 0 aromatic heterocycles. The Labute approximate surface area is 120 Å². The van der Waals surface area contributed by atoms with Crippen LogP contribution in [-0.4, -0.2) is 42.4 Å². The van der Waals surface area contributed by atoms with Crippen molar-refractivity contribution in [3.05, 3.63) is 30.1 Å². The van der Waals surface area contributed by atoms with Crippen LogP contribution >= 0.6 is 0 Å². The summed E-state index contributed by atoms with van der Waals surface area (Å²) in [5, 5.41) is 10.0. The third-order valence-corrected chi connectivity index (χ3v) is 3.96. The normalized spacial score (nSPS) is 18.2. The lowest BCUT2D eigenvalue weighted by molar-refractivity contribution is 0.0550. The number of hydrogen-bond donors (Lipinski definition) is 1. The van der Waals surface area contributed by atoms with Gasteiger partial charge in [0.15, 0.2) is 11.6 Å². The molecule has 0 unspecified atom stereocenters. The van der Waals surface area contributed by atoms with E-state index in [1.165, 1.54) is 38.2 Å². The van der Waals surface area contributed by atoms with Crippen molar-refractivity contribution in [1.29, 1.82) is 0 Å². The molecule has 0 radical (unpaired) electrons. The molecule has 1 aliphatic rings. The van der Waals surface area contributed by atoms with Crippen LogP contribution < -0.4 is 4.74 Å². The molecule has 1 N–H and O–H groups in total. The van der Waals surface area contributed by atoms with Gasteiger partial charge in [-0.3, -0.25) is 0 Å². The predicted octanol–water partition coefficient (Wildman–Crippen LogP) is 2.83. The van der Waals surface area contributed by atoms with E-state index in [4.69, 9.17) is 4.74 Å². The predicted molar refractivity (Wildman–Crippen MR) is 77.4 cm³/mol. The molecule has 4 heteroatoms. The Morgan fingerprint density at radius 1 is 1.30 bits per heavy atom. The second kappa shape index (κ2) is 7.60. The average Bonchev–Trinajstić information content (AvgIpc) is 2.47. The Morgan fingerprint density at radius 2 is 2.00 bits per heavy atom. The number of ether oxygens (including phenoxy) is 1. The second-order valence-electron chi connectivity index (χ2n) is 5.63. The maximum Gasteiger partial charge on any atom is 0.165 e. The highest BCUT2D eigenvalue weighted by Gasteiger charge is 2.20. The van der Waals surface area contributed by atoms with Crippen LogP contribution in [0.4, 0.5) is 4.39 Å². The molecule has 1 aromatic carbocycles. The summed E-state index contributed by atoms with van der Waals surface area (Å²) in [6.45, 7) is 0.692. The van der Waals surface area contributed by atoms with Crippen LogP contribution in [0.5, 0.6) is 5.75 Å². The average molecular weight is 281 g/mol. The molecule has 0 aliphatic heterocycles. The van der Waals surface area contributed by atoms with E-state index < -0.39 is 6.10 Å². The summed E-state index contributed by atoms with van der Waals surface area (Å²) in [4.78, 5) is 2.20. The summed E-state index contributed by atoms with van der Waals surface area (Å²) < 4.78 is 18.7. The third-order valence-electron chi connectivity index (χ3n) is 3.96. The van der Waals surface area contributed by atoms with Gasteiger partial charge in [0.25, 0.3) is 0 Å². The topological polar surface area (TPSA) is 32.7 Å². The van der Waals surface area contributed by atoms with Crippen molar-refractivity contribution in [1.82, 2.24) is 4.90 Å². The highest BCUT2D eigenvalue weighted by Crippen LogP contribution is 2.22. The highest BCUT2D eigenvalue weighted by molar-refractivity contribution is 5.23. The van der Waals surface area contributed by atoms with Crippen LogP contribution in [0.2, 0.25) is 0 Å². The maximum atomic E-state index is 13.4. The van der Waals surface area contributed by atoms with Gasteiger partial charge in [0.1, 0.15) is 12.7 Å². The molecule has 1 aliphatic carbocycles. The monoisotopic (exact) mass is 281 g/mol. The summed E-state index contributed by atoms with van der Waals surface area (Å²) in [6.07, 6.45) is 5.69. The molecular formula is C16H24FNO2. The molecule has 1 fully saturated rings. The van der Waals surface area contributed by atoms with E-state index in [2.05, 4.69) is 4.90 Å². The standard InChI is InChI=1S/C16H24FNO2/c1-18(13-7-3-2-4-8-13)11-14(19)12-20-16-10-6-5-9-15(16)17/h5-6,9-10,13-14,19H,2-4,7-8,11-12H2,1H3/t14-/m0/s1. The Kier molecular flexibility index (Phi) is 5.80. The molecule has 0 heterocycles. The van der Waals surface area contributed by atoms with Crippen LogP contribution in [0.1, 0.15) is 32.1 Å². The lowest BCUT2D eigenvalue weighted by atomic mass is 9.94. The van der Waals surface area contributed by atoms with Gasteiger partial charge >= 0.3 is 0 Å². The Hall–Kier alpha value is -1.13. The summed E-state index contributed by atoms with van der Waals surface area (Å²) >= 11 is 0. The van der Waals surface area contributed by atoms with Gasteiger partial charge in [-0.05, 0) is 32.0 Å². The van der Waals surface area contributed by atoms with Crippen LogP contribution in [0, 0.1) is 5.82 Å². The van der Waals surface area contributed by atoms with Crippen LogP contribution in [-0.2, 0) is 0 Å². The SMILES string of the molecule is CN(C[C@H](O)COc1ccccc1F)C1CCCCC1. The first-order chi connectivity index (χ1) is 9.66. The van der Waals surface area contributed by atoms with Gasteiger partial charge < -0.3 is 14.7 Å². The summed E-state index contributed by atoms with van der Waals surface area (Å²) in [5.74, 6) is -0.188. The minimum atomic E-state index is -0.596. The number of halogens is 1. The molecule has 2 rings (SSSR count). The zero-order chi connectivity index (χ0) is 14.4. The molecule has 0 bridgehead atoms. The number of likely N-dealkylation sites (N-methyl/N-ethyl adjacent to an activating group) is 1. The van der Waals surface area contributed by atoms with Gasteiger partial charge in [-0.2, -0.15) is 0 Å². The van der Waals surface area contributed by atoms with Gasteiger partial charge in [0, 0.05) is 12.6 Å². The number of benzene rings is 1. The number of para-hydroxylation sites is 1. The molecule has 112 valence electrons. The fraction of sp³-hybridized carbons (Fsp3) is 0.625. The molecule has 20 heavy (non-hydrogen) atoms. The van der Waals surface area contributed by atoms with E-state index in [1.54, 1.807) is 18.2 Å². The van der Waals surface area contributed by atoms with E-state index >= 15 is 0 Å². The maximum absolute atomic E-state index is 13.4. The van der Waals surface area contributed by atoms with Gasteiger partial charge in [-0.25, -0.2) is 4.39 Å². The van der Waals surface area contributed by atoms with Gasteiger partial charge in [-0.1, -0.05) is 31.4 Å². The fourth-order valence-electron chi connectivity index (χ4n) is 2.80. The van der Waals surface area contributed by atoms with E-state index in [0.29, 0.717) is 12.6 Å². The second-order valence-corrected chi connectivity index (χ2v) is 5.63. The smallest absolute Gasteiger partial charge is 0.165 e. The van der Waals surface area contributed by atoms with Crippen molar-refractivity contribution in [2.75, 3.05) is 20.2 Å². The minimum Gasteiger partial charge on any atom is -0.488 e. The zero-order valence-corrected chi connectivity index (χ0v) is 12.1. The Balaban J connectivity index is 1.74. The molecule has 0 spiro atoms. The lowest BCUT2D eigenvalue weighted by Crippen LogP contribution is -2.40. The van der Waals surface area contributed by atoms with Crippen molar-refractivity contribution in [3.8, 4) is 5.75 Å². The molecule has 1 aromatic rings. The number of nitrogens with zero attached hydrogens (tertiary/aromatic N) is 1.